The molecule has 0 aliphatic heterocycles. The maximum atomic E-state index is 10.9. The van der Waals surface area contributed by atoms with Crippen LogP contribution in [-0.4, -0.2) is 34.6 Å². The van der Waals surface area contributed by atoms with Gasteiger partial charge in [0.1, 0.15) is 0 Å². The molecule has 0 radical (unpaired) electrons. The van der Waals surface area contributed by atoms with Crippen molar-refractivity contribution >= 4 is 21.9 Å². The zero-order chi connectivity index (χ0) is 15.2. The largest absolute Gasteiger partial charge is 0.478 e. The number of aromatic carboxylic acids is 1. The summed E-state index contributed by atoms with van der Waals surface area (Å²) in [6.45, 7) is 1.70. The molecule has 1 heterocycles. The molecule has 0 aliphatic carbocycles. The molecule has 1 aromatic carbocycles. The van der Waals surface area contributed by atoms with E-state index in [-0.39, 0.29) is 0 Å². The maximum absolute atomic E-state index is 10.9. The fourth-order valence-corrected chi connectivity index (χ4v) is 2.55. The Morgan fingerprint density at radius 3 is 2.62 bits per heavy atom. The van der Waals surface area contributed by atoms with Crippen molar-refractivity contribution in [3.63, 3.8) is 0 Å². The summed E-state index contributed by atoms with van der Waals surface area (Å²) in [4.78, 5) is 17.1. The van der Waals surface area contributed by atoms with Gasteiger partial charge in [-0.05, 0) is 48.9 Å². The Morgan fingerprint density at radius 2 is 2.00 bits per heavy atom. The number of carboxylic acids is 1. The molecule has 2 rings (SSSR count). The average molecular weight is 349 g/mol. The second kappa shape index (κ2) is 7.33. The van der Waals surface area contributed by atoms with Crippen molar-refractivity contribution < 1.29 is 9.90 Å². The van der Waals surface area contributed by atoms with Crippen LogP contribution < -0.4 is 0 Å². The third-order valence-corrected chi connectivity index (χ3v) is 4.01. The van der Waals surface area contributed by atoms with E-state index in [9.17, 15) is 4.79 Å². The molecule has 0 bridgehead atoms. The van der Waals surface area contributed by atoms with Crippen molar-refractivity contribution in [1.29, 1.82) is 0 Å². The highest BCUT2D eigenvalue weighted by molar-refractivity contribution is 9.10. The number of rotatable bonds is 6. The molecule has 0 spiro atoms. The minimum absolute atomic E-state index is 0.296. The number of halogens is 1. The highest BCUT2D eigenvalue weighted by atomic mass is 79.9. The predicted molar refractivity (Wildman–Crippen MR) is 85.4 cm³/mol. The summed E-state index contributed by atoms with van der Waals surface area (Å²) in [5, 5.41) is 8.96. The van der Waals surface area contributed by atoms with E-state index in [2.05, 4.69) is 32.9 Å². The molecule has 4 nitrogen and oxygen atoms in total. The summed E-state index contributed by atoms with van der Waals surface area (Å²) in [5.41, 5.74) is 2.64. The lowest BCUT2D eigenvalue weighted by atomic mass is 10.1. The molecule has 110 valence electrons. The number of hydrogen-bond acceptors (Lipinski definition) is 3. The van der Waals surface area contributed by atoms with Gasteiger partial charge < -0.3 is 10.0 Å². The van der Waals surface area contributed by atoms with Crippen LogP contribution in [0.25, 0.3) is 0 Å². The van der Waals surface area contributed by atoms with E-state index in [1.54, 1.807) is 24.5 Å². The third kappa shape index (κ3) is 4.65. The van der Waals surface area contributed by atoms with E-state index in [0.29, 0.717) is 5.56 Å². The minimum atomic E-state index is -0.909. The van der Waals surface area contributed by atoms with Crippen molar-refractivity contribution in [2.75, 3.05) is 13.6 Å². The number of benzene rings is 1. The van der Waals surface area contributed by atoms with Gasteiger partial charge in [0, 0.05) is 30.0 Å². The SMILES string of the molecule is CN(CCc1ccncc1)Cc1ccc(C(=O)O)cc1Br. The van der Waals surface area contributed by atoms with Gasteiger partial charge in [0.25, 0.3) is 0 Å². The molecular formula is C16H17BrN2O2. The van der Waals surface area contributed by atoms with E-state index < -0.39 is 5.97 Å². The van der Waals surface area contributed by atoms with Crippen molar-refractivity contribution in [3.8, 4) is 0 Å². The molecule has 0 amide bonds. The summed E-state index contributed by atoms with van der Waals surface area (Å²) in [6.07, 6.45) is 4.57. The monoisotopic (exact) mass is 348 g/mol. The van der Waals surface area contributed by atoms with Gasteiger partial charge in [-0.2, -0.15) is 0 Å². The van der Waals surface area contributed by atoms with Gasteiger partial charge in [0.15, 0.2) is 0 Å². The Hall–Kier alpha value is -1.72. The Bertz CT molecular complexity index is 617. The van der Waals surface area contributed by atoms with Crippen molar-refractivity contribution in [1.82, 2.24) is 9.88 Å². The van der Waals surface area contributed by atoms with Crippen molar-refractivity contribution in [2.24, 2.45) is 0 Å². The standard InChI is InChI=1S/C16H17BrN2O2/c1-19(9-6-12-4-7-18-8-5-12)11-14-3-2-13(16(20)21)10-15(14)17/h2-5,7-8,10H,6,9,11H2,1H3,(H,20,21). The Balaban J connectivity index is 1.93. The average Bonchev–Trinajstić information content (AvgIpc) is 2.48. The van der Waals surface area contributed by atoms with Gasteiger partial charge in [0.05, 0.1) is 5.56 Å². The molecule has 0 saturated heterocycles. The van der Waals surface area contributed by atoms with Gasteiger partial charge in [-0.3, -0.25) is 4.98 Å². The number of likely N-dealkylation sites (N-methyl/N-ethyl adjacent to an activating group) is 1. The zero-order valence-corrected chi connectivity index (χ0v) is 13.4. The molecule has 2 aromatic rings. The highest BCUT2D eigenvalue weighted by Crippen LogP contribution is 2.20. The second-order valence-electron chi connectivity index (χ2n) is 4.95. The molecular weight excluding hydrogens is 332 g/mol. The van der Waals surface area contributed by atoms with Crippen molar-refractivity contribution in [3.05, 3.63) is 63.9 Å². The molecule has 1 aromatic heterocycles. The van der Waals surface area contributed by atoms with Crippen LogP contribution in [0.1, 0.15) is 21.5 Å². The summed E-state index contributed by atoms with van der Waals surface area (Å²) in [7, 11) is 2.05. The fraction of sp³-hybridized carbons (Fsp3) is 0.250. The summed E-state index contributed by atoms with van der Waals surface area (Å²) in [6, 6.07) is 9.18. The molecule has 0 aliphatic rings. The number of carbonyl (C=O) groups is 1. The first-order valence-electron chi connectivity index (χ1n) is 6.65. The predicted octanol–water partition coefficient (Wildman–Crippen LogP) is 3.22. The quantitative estimate of drug-likeness (QED) is 0.870. The first-order valence-corrected chi connectivity index (χ1v) is 7.44. The van der Waals surface area contributed by atoms with Gasteiger partial charge in [-0.1, -0.05) is 22.0 Å². The fourth-order valence-electron chi connectivity index (χ4n) is 2.05. The lowest BCUT2D eigenvalue weighted by Gasteiger charge is -2.17. The summed E-state index contributed by atoms with van der Waals surface area (Å²) < 4.78 is 0.832. The molecule has 0 unspecified atom stereocenters. The van der Waals surface area contributed by atoms with Crippen LogP contribution in [-0.2, 0) is 13.0 Å². The lowest BCUT2D eigenvalue weighted by Crippen LogP contribution is -2.21. The number of hydrogen-bond donors (Lipinski definition) is 1. The number of nitrogens with zero attached hydrogens (tertiary/aromatic N) is 2. The van der Waals surface area contributed by atoms with Gasteiger partial charge in [-0.25, -0.2) is 4.79 Å². The first-order chi connectivity index (χ1) is 10.1. The van der Waals surface area contributed by atoms with E-state index in [0.717, 1.165) is 29.5 Å². The van der Waals surface area contributed by atoms with Crippen LogP contribution in [0.5, 0.6) is 0 Å². The van der Waals surface area contributed by atoms with E-state index in [1.807, 2.05) is 18.2 Å². The van der Waals surface area contributed by atoms with Crippen LogP contribution in [0.3, 0.4) is 0 Å². The number of carboxylic acid groups (broad SMARTS) is 1. The van der Waals surface area contributed by atoms with Crippen LogP contribution in [0.15, 0.2) is 47.2 Å². The minimum Gasteiger partial charge on any atom is -0.478 e. The Morgan fingerprint density at radius 1 is 1.29 bits per heavy atom. The highest BCUT2D eigenvalue weighted by Gasteiger charge is 2.08. The smallest absolute Gasteiger partial charge is 0.335 e. The second-order valence-corrected chi connectivity index (χ2v) is 5.81. The summed E-state index contributed by atoms with van der Waals surface area (Å²) in [5.74, 6) is -0.909. The van der Waals surface area contributed by atoms with Gasteiger partial charge in [-0.15, -0.1) is 0 Å². The topological polar surface area (TPSA) is 53.4 Å². The first kappa shape index (κ1) is 15.7. The Labute approximate surface area is 132 Å². The van der Waals surface area contributed by atoms with E-state index in [4.69, 9.17) is 5.11 Å². The van der Waals surface area contributed by atoms with Crippen molar-refractivity contribution in [2.45, 2.75) is 13.0 Å². The van der Waals surface area contributed by atoms with Crippen LogP contribution >= 0.6 is 15.9 Å². The number of aromatic nitrogens is 1. The zero-order valence-electron chi connectivity index (χ0n) is 11.8. The number of pyridine rings is 1. The molecule has 5 heteroatoms. The van der Waals surface area contributed by atoms with Gasteiger partial charge in [0.2, 0.25) is 0 Å². The lowest BCUT2D eigenvalue weighted by molar-refractivity contribution is 0.0697. The van der Waals surface area contributed by atoms with Gasteiger partial charge >= 0.3 is 5.97 Å². The normalized spacial score (nSPS) is 10.8. The Kier molecular flexibility index (Phi) is 5.47. The summed E-state index contributed by atoms with van der Waals surface area (Å²) >= 11 is 3.44. The van der Waals surface area contributed by atoms with E-state index in [1.165, 1.54) is 5.56 Å². The molecule has 0 atom stereocenters. The van der Waals surface area contributed by atoms with Crippen LogP contribution in [0.4, 0.5) is 0 Å². The maximum Gasteiger partial charge on any atom is 0.335 e. The molecule has 21 heavy (non-hydrogen) atoms. The van der Waals surface area contributed by atoms with Crippen LogP contribution in [0, 0.1) is 0 Å². The van der Waals surface area contributed by atoms with Crippen LogP contribution in [0.2, 0.25) is 0 Å². The molecule has 0 fully saturated rings. The molecule has 0 saturated carbocycles. The molecule has 1 N–H and O–H groups in total. The van der Waals surface area contributed by atoms with E-state index >= 15 is 0 Å². The third-order valence-electron chi connectivity index (χ3n) is 3.27.